The summed E-state index contributed by atoms with van der Waals surface area (Å²) in [5.41, 5.74) is 8.19. The van der Waals surface area contributed by atoms with Crippen molar-refractivity contribution < 1.29 is 0 Å². The van der Waals surface area contributed by atoms with Gasteiger partial charge in [0.2, 0.25) is 0 Å². The average molecular weight is 408 g/mol. The maximum Gasteiger partial charge on any atom is 0.0837 e. The number of halogens is 3. The van der Waals surface area contributed by atoms with Crippen molar-refractivity contribution in [3.63, 3.8) is 0 Å². The molecule has 0 fully saturated rings. The molecule has 0 aliphatic rings. The Hall–Kier alpha value is -0.360. The van der Waals surface area contributed by atoms with Crippen LogP contribution >= 0.6 is 43.5 Å². The van der Waals surface area contributed by atoms with E-state index in [4.69, 9.17) is 17.3 Å². The Morgan fingerprint density at radius 3 is 2.53 bits per heavy atom. The van der Waals surface area contributed by atoms with E-state index >= 15 is 0 Å². The van der Waals surface area contributed by atoms with Crippen molar-refractivity contribution in [2.75, 3.05) is 0 Å². The van der Waals surface area contributed by atoms with E-state index in [2.05, 4.69) is 43.9 Å². The quantitative estimate of drug-likeness (QED) is 0.810. The first-order valence-corrected chi connectivity index (χ1v) is 7.92. The van der Waals surface area contributed by atoms with E-state index in [-0.39, 0.29) is 6.04 Å². The maximum atomic E-state index is 6.34. The zero-order valence-electron chi connectivity index (χ0n) is 10.4. The van der Waals surface area contributed by atoms with Crippen LogP contribution in [0.15, 0.2) is 33.3 Å². The third-order valence-electron chi connectivity index (χ3n) is 2.81. The predicted octanol–water partition coefficient (Wildman–Crippen LogP) is 4.52. The first-order valence-electron chi connectivity index (χ1n) is 5.95. The molecule has 6 heteroatoms. The molecule has 0 bridgehead atoms. The van der Waals surface area contributed by atoms with Gasteiger partial charge in [-0.05, 0) is 30.2 Å². The van der Waals surface area contributed by atoms with Crippen LogP contribution < -0.4 is 5.73 Å². The van der Waals surface area contributed by atoms with E-state index in [9.17, 15) is 0 Å². The minimum absolute atomic E-state index is 0.296. The topological polar surface area (TPSA) is 43.8 Å². The lowest BCUT2D eigenvalue weighted by atomic mass is 10.0. The van der Waals surface area contributed by atoms with Gasteiger partial charge < -0.3 is 5.73 Å². The second kappa shape index (κ2) is 6.39. The Labute approximate surface area is 134 Å². The summed E-state index contributed by atoms with van der Waals surface area (Å²) in [6, 6.07) is 5.67. The second-order valence-corrected chi connectivity index (χ2v) is 6.52. The molecule has 2 rings (SSSR count). The third-order valence-corrected chi connectivity index (χ3v) is 4.01. The molecule has 1 atom stereocenters. The number of rotatable bonds is 4. The summed E-state index contributed by atoms with van der Waals surface area (Å²) in [4.78, 5) is 0. The Morgan fingerprint density at radius 1 is 1.32 bits per heavy atom. The zero-order chi connectivity index (χ0) is 14.0. The van der Waals surface area contributed by atoms with Gasteiger partial charge in [0.05, 0.1) is 23.0 Å². The largest absolute Gasteiger partial charge is 0.319 e. The highest BCUT2D eigenvalue weighted by Crippen LogP contribution is 2.30. The Bertz CT molecular complexity index is 563. The zero-order valence-corrected chi connectivity index (χ0v) is 14.3. The van der Waals surface area contributed by atoms with Crippen LogP contribution in [-0.2, 0) is 6.54 Å². The molecule has 102 valence electrons. The van der Waals surface area contributed by atoms with Crippen molar-refractivity contribution in [2.45, 2.75) is 25.9 Å². The van der Waals surface area contributed by atoms with E-state index in [1.807, 2.05) is 22.9 Å². The van der Waals surface area contributed by atoms with Crippen LogP contribution in [0.2, 0.25) is 5.02 Å². The fourth-order valence-electron chi connectivity index (χ4n) is 1.98. The highest BCUT2D eigenvalue weighted by molar-refractivity contribution is 9.11. The van der Waals surface area contributed by atoms with Crippen molar-refractivity contribution >= 4 is 43.5 Å². The van der Waals surface area contributed by atoms with E-state index in [0.717, 1.165) is 33.2 Å². The summed E-state index contributed by atoms with van der Waals surface area (Å²) in [5, 5.41) is 4.89. The molecule has 0 aliphatic heterocycles. The van der Waals surface area contributed by atoms with E-state index in [0.29, 0.717) is 5.02 Å². The van der Waals surface area contributed by atoms with Gasteiger partial charge in [0.15, 0.2) is 0 Å². The Balaban J connectivity index is 2.43. The molecule has 0 spiro atoms. The number of aryl methyl sites for hydroxylation is 1. The van der Waals surface area contributed by atoms with Crippen molar-refractivity contribution in [3.8, 4) is 0 Å². The molecule has 1 aromatic heterocycles. The molecule has 0 saturated heterocycles. The minimum Gasteiger partial charge on any atom is -0.319 e. The summed E-state index contributed by atoms with van der Waals surface area (Å²) >= 11 is 13.2. The van der Waals surface area contributed by atoms with Gasteiger partial charge in [-0.2, -0.15) is 5.10 Å². The summed E-state index contributed by atoms with van der Waals surface area (Å²) in [5.74, 6) is 0. The van der Waals surface area contributed by atoms with Crippen LogP contribution in [0.25, 0.3) is 0 Å². The number of hydrogen-bond acceptors (Lipinski definition) is 2. The first kappa shape index (κ1) is 15.0. The minimum atomic E-state index is -0.296. The monoisotopic (exact) mass is 405 g/mol. The molecule has 1 heterocycles. The third kappa shape index (κ3) is 3.40. The van der Waals surface area contributed by atoms with Gasteiger partial charge in [0.1, 0.15) is 0 Å². The molecule has 1 unspecified atom stereocenters. The van der Waals surface area contributed by atoms with Crippen molar-refractivity contribution in [1.29, 1.82) is 0 Å². The van der Waals surface area contributed by atoms with Crippen LogP contribution in [0.5, 0.6) is 0 Å². The highest BCUT2D eigenvalue weighted by Gasteiger charge is 2.19. The molecule has 0 saturated carbocycles. The van der Waals surface area contributed by atoms with Crippen LogP contribution in [0.3, 0.4) is 0 Å². The Kier molecular flexibility index (Phi) is 5.06. The molecule has 1 aromatic carbocycles. The predicted molar refractivity (Wildman–Crippen MR) is 85.4 cm³/mol. The summed E-state index contributed by atoms with van der Waals surface area (Å²) in [6.07, 6.45) is 2.64. The average Bonchev–Trinajstić information content (AvgIpc) is 2.69. The molecule has 2 N–H and O–H groups in total. The van der Waals surface area contributed by atoms with Gasteiger partial charge in [-0.25, -0.2) is 0 Å². The number of nitrogens with two attached hydrogens (primary N) is 1. The number of aromatic nitrogens is 2. The molecule has 0 radical (unpaired) electrons. The summed E-state index contributed by atoms with van der Waals surface area (Å²) in [6.45, 7) is 2.91. The summed E-state index contributed by atoms with van der Waals surface area (Å²) < 4.78 is 3.83. The molecular weight excluding hydrogens is 393 g/mol. The van der Waals surface area contributed by atoms with Gasteiger partial charge in [-0.15, -0.1) is 0 Å². The van der Waals surface area contributed by atoms with Crippen molar-refractivity contribution in [1.82, 2.24) is 9.78 Å². The van der Waals surface area contributed by atoms with Crippen LogP contribution in [0.4, 0.5) is 0 Å². The molecule has 2 aromatic rings. The molecule has 0 aliphatic carbocycles. The smallest absolute Gasteiger partial charge is 0.0837 e. The second-order valence-electron chi connectivity index (χ2n) is 4.28. The molecule has 19 heavy (non-hydrogen) atoms. The number of benzene rings is 1. The Morgan fingerprint density at radius 2 is 1.95 bits per heavy atom. The molecular formula is C13H14Br2ClN3. The molecule has 0 amide bonds. The standard InChI is InChI=1S/C13H14Br2ClN3/c1-2-3-19-13(11(16)7-18-19)12(17)8-4-9(14)6-10(15)5-8/h4-7,12H,2-3,17H2,1H3. The highest BCUT2D eigenvalue weighted by atomic mass is 79.9. The van der Waals surface area contributed by atoms with E-state index < -0.39 is 0 Å². The molecule has 3 nitrogen and oxygen atoms in total. The van der Waals surface area contributed by atoms with Crippen molar-refractivity contribution in [2.24, 2.45) is 5.73 Å². The van der Waals surface area contributed by atoms with E-state index in [1.54, 1.807) is 6.20 Å². The van der Waals surface area contributed by atoms with Gasteiger partial charge in [-0.1, -0.05) is 50.4 Å². The number of hydrogen-bond donors (Lipinski definition) is 1. The van der Waals surface area contributed by atoms with Crippen LogP contribution in [0.1, 0.15) is 30.6 Å². The lowest BCUT2D eigenvalue weighted by molar-refractivity contribution is 0.560. The van der Waals surface area contributed by atoms with Gasteiger partial charge in [-0.3, -0.25) is 4.68 Å². The van der Waals surface area contributed by atoms with Crippen molar-refractivity contribution in [3.05, 3.63) is 49.6 Å². The lowest BCUT2D eigenvalue weighted by Crippen LogP contribution is -2.18. The van der Waals surface area contributed by atoms with Gasteiger partial charge in [0.25, 0.3) is 0 Å². The normalized spacial score (nSPS) is 12.7. The van der Waals surface area contributed by atoms with Gasteiger partial charge >= 0.3 is 0 Å². The SMILES string of the molecule is CCCn1ncc(Cl)c1C(N)c1cc(Br)cc(Br)c1. The van der Waals surface area contributed by atoms with Crippen LogP contribution in [-0.4, -0.2) is 9.78 Å². The maximum absolute atomic E-state index is 6.34. The lowest BCUT2D eigenvalue weighted by Gasteiger charge is -2.16. The summed E-state index contributed by atoms with van der Waals surface area (Å²) in [7, 11) is 0. The van der Waals surface area contributed by atoms with E-state index in [1.165, 1.54) is 0 Å². The first-order chi connectivity index (χ1) is 9.02. The fourth-order valence-corrected chi connectivity index (χ4v) is 3.57. The van der Waals surface area contributed by atoms with Crippen LogP contribution in [0, 0.1) is 0 Å². The number of nitrogens with zero attached hydrogens (tertiary/aromatic N) is 2. The van der Waals surface area contributed by atoms with Gasteiger partial charge in [0, 0.05) is 15.5 Å². The fraction of sp³-hybridized carbons (Fsp3) is 0.308.